The zero-order valence-electron chi connectivity index (χ0n) is 20.1. The molecule has 37 heavy (non-hydrogen) atoms. The summed E-state index contributed by atoms with van der Waals surface area (Å²) in [6.45, 7) is 0.0129. The summed E-state index contributed by atoms with van der Waals surface area (Å²) in [6, 6.07) is 19.7. The highest BCUT2D eigenvalue weighted by Crippen LogP contribution is 2.29. The highest BCUT2D eigenvalue weighted by atomic mass is 32.2. The summed E-state index contributed by atoms with van der Waals surface area (Å²) in [5, 5.41) is 14.5. The van der Waals surface area contributed by atoms with Gasteiger partial charge in [0.1, 0.15) is 17.3 Å². The minimum atomic E-state index is -0.503. The standard InChI is InChI=1S/C26H24FN5O4S/c1-35-20-12-10-19(11-13-20)29-24(33)16-37-26-31-30-23(32(26)21-8-3-4-9-22(21)36-2)15-28-25(34)17-6-5-7-18(27)14-17/h3-14H,15-16H2,1-2H3,(H,28,34)(H,29,33). The number of amides is 2. The second-order valence-electron chi connectivity index (χ2n) is 7.66. The van der Waals surface area contributed by atoms with E-state index in [0.717, 1.165) is 6.07 Å². The van der Waals surface area contributed by atoms with Crippen LogP contribution in [0.3, 0.4) is 0 Å². The van der Waals surface area contributed by atoms with Crippen LogP contribution in [0, 0.1) is 5.82 Å². The van der Waals surface area contributed by atoms with Gasteiger partial charge in [-0.1, -0.05) is 30.0 Å². The summed E-state index contributed by atoms with van der Waals surface area (Å²) in [4.78, 5) is 25.1. The monoisotopic (exact) mass is 521 g/mol. The van der Waals surface area contributed by atoms with E-state index in [9.17, 15) is 14.0 Å². The van der Waals surface area contributed by atoms with Gasteiger partial charge in [-0.2, -0.15) is 0 Å². The molecule has 0 atom stereocenters. The van der Waals surface area contributed by atoms with E-state index in [0.29, 0.717) is 33.9 Å². The van der Waals surface area contributed by atoms with E-state index in [1.807, 2.05) is 18.2 Å². The zero-order valence-corrected chi connectivity index (χ0v) is 20.9. The van der Waals surface area contributed by atoms with Gasteiger partial charge >= 0.3 is 0 Å². The number of hydrogen-bond acceptors (Lipinski definition) is 7. The molecular formula is C26H24FN5O4S. The van der Waals surface area contributed by atoms with Gasteiger partial charge in [-0.25, -0.2) is 4.39 Å². The van der Waals surface area contributed by atoms with Gasteiger partial charge in [-0.3, -0.25) is 14.2 Å². The van der Waals surface area contributed by atoms with Gasteiger partial charge < -0.3 is 20.1 Å². The maximum absolute atomic E-state index is 13.5. The van der Waals surface area contributed by atoms with Crippen LogP contribution in [-0.2, 0) is 11.3 Å². The molecule has 0 radical (unpaired) electrons. The number of carbonyl (C=O) groups excluding carboxylic acids is 2. The number of para-hydroxylation sites is 2. The second kappa shape index (κ2) is 12.0. The first-order chi connectivity index (χ1) is 18.0. The molecule has 9 nitrogen and oxygen atoms in total. The van der Waals surface area contributed by atoms with Crippen molar-refractivity contribution < 1.29 is 23.5 Å². The van der Waals surface area contributed by atoms with Crippen LogP contribution >= 0.6 is 11.8 Å². The summed E-state index contributed by atoms with van der Waals surface area (Å²) < 4.78 is 25.9. The molecule has 0 aliphatic carbocycles. The largest absolute Gasteiger partial charge is 0.497 e. The van der Waals surface area contributed by atoms with E-state index in [-0.39, 0.29) is 23.8 Å². The number of ether oxygens (including phenoxy) is 2. The lowest BCUT2D eigenvalue weighted by atomic mass is 10.2. The molecule has 2 N–H and O–H groups in total. The first kappa shape index (κ1) is 25.7. The van der Waals surface area contributed by atoms with Crippen molar-refractivity contribution >= 4 is 29.3 Å². The molecule has 190 valence electrons. The van der Waals surface area contributed by atoms with Crippen LogP contribution in [-0.4, -0.2) is 46.6 Å². The molecule has 0 aliphatic rings. The number of carbonyl (C=O) groups is 2. The fraction of sp³-hybridized carbons (Fsp3) is 0.154. The first-order valence-corrected chi connectivity index (χ1v) is 12.1. The van der Waals surface area contributed by atoms with Crippen molar-refractivity contribution in [2.75, 3.05) is 25.3 Å². The van der Waals surface area contributed by atoms with Crippen LogP contribution in [0.25, 0.3) is 5.69 Å². The van der Waals surface area contributed by atoms with Crippen molar-refractivity contribution in [2.45, 2.75) is 11.7 Å². The summed E-state index contributed by atoms with van der Waals surface area (Å²) in [7, 11) is 3.12. The fourth-order valence-corrected chi connectivity index (χ4v) is 4.22. The average molecular weight is 522 g/mol. The Balaban J connectivity index is 1.52. The van der Waals surface area contributed by atoms with Crippen LogP contribution in [0.5, 0.6) is 11.5 Å². The minimum Gasteiger partial charge on any atom is -0.497 e. The molecule has 0 spiro atoms. The van der Waals surface area contributed by atoms with Gasteiger partial charge in [0.25, 0.3) is 5.91 Å². The number of nitrogens with zero attached hydrogens (tertiary/aromatic N) is 3. The van der Waals surface area contributed by atoms with Crippen molar-refractivity contribution in [1.82, 2.24) is 20.1 Å². The maximum Gasteiger partial charge on any atom is 0.251 e. The van der Waals surface area contributed by atoms with Gasteiger partial charge in [-0.15, -0.1) is 10.2 Å². The van der Waals surface area contributed by atoms with Crippen LogP contribution < -0.4 is 20.1 Å². The van der Waals surface area contributed by atoms with Gasteiger partial charge in [0.05, 0.1) is 32.2 Å². The number of aromatic nitrogens is 3. The number of anilines is 1. The third-order valence-electron chi connectivity index (χ3n) is 5.23. The van der Waals surface area contributed by atoms with E-state index in [4.69, 9.17) is 9.47 Å². The third-order valence-corrected chi connectivity index (χ3v) is 6.16. The highest BCUT2D eigenvalue weighted by molar-refractivity contribution is 7.99. The van der Waals surface area contributed by atoms with Gasteiger partial charge in [0.2, 0.25) is 5.91 Å². The molecule has 0 bridgehead atoms. The summed E-state index contributed by atoms with van der Waals surface area (Å²) in [5.74, 6) is 0.532. The molecule has 3 aromatic carbocycles. The molecule has 0 aliphatic heterocycles. The number of thioether (sulfide) groups is 1. The Bertz CT molecular complexity index is 1390. The number of rotatable bonds is 10. The van der Waals surface area contributed by atoms with E-state index < -0.39 is 11.7 Å². The number of benzene rings is 3. The molecule has 0 fully saturated rings. The normalized spacial score (nSPS) is 10.6. The Kier molecular flexibility index (Phi) is 8.37. The Morgan fingerprint density at radius 3 is 2.49 bits per heavy atom. The van der Waals surface area contributed by atoms with Crippen LogP contribution in [0.2, 0.25) is 0 Å². The predicted molar refractivity (Wildman–Crippen MR) is 138 cm³/mol. The lowest BCUT2D eigenvalue weighted by molar-refractivity contribution is -0.113. The lowest BCUT2D eigenvalue weighted by Crippen LogP contribution is -2.25. The lowest BCUT2D eigenvalue weighted by Gasteiger charge is -2.14. The Hall–Kier alpha value is -4.38. The van der Waals surface area contributed by atoms with Crippen molar-refractivity contribution in [3.63, 3.8) is 0 Å². The molecule has 1 aromatic heterocycles. The smallest absolute Gasteiger partial charge is 0.251 e. The summed E-state index contributed by atoms with van der Waals surface area (Å²) in [5.41, 5.74) is 1.47. The van der Waals surface area contributed by atoms with Gasteiger partial charge in [0.15, 0.2) is 11.0 Å². The fourth-order valence-electron chi connectivity index (χ4n) is 3.46. The molecular weight excluding hydrogens is 497 g/mol. The van der Waals surface area contributed by atoms with Crippen molar-refractivity contribution in [2.24, 2.45) is 0 Å². The molecule has 2 amide bonds. The van der Waals surface area contributed by atoms with E-state index in [1.165, 1.54) is 30.0 Å². The SMILES string of the molecule is COc1ccc(NC(=O)CSc2nnc(CNC(=O)c3cccc(F)c3)n2-c2ccccc2OC)cc1. The number of hydrogen-bond donors (Lipinski definition) is 2. The Morgan fingerprint density at radius 1 is 0.973 bits per heavy atom. The van der Waals surface area contributed by atoms with Gasteiger partial charge in [0, 0.05) is 11.3 Å². The number of nitrogens with one attached hydrogen (secondary N) is 2. The van der Waals surface area contributed by atoms with E-state index >= 15 is 0 Å². The number of methoxy groups -OCH3 is 2. The summed E-state index contributed by atoms with van der Waals surface area (Å²) >= 11 is 1.18. The number of halogens is 1. The maximum atomic E-state index is 13.5. The first-order valence-electron chi connectivity index (χ1n) is 11.2. The van der Waals surface area contributed by atoms with Crippen molar-refractivity contribution in [3.8, 4) is 17.2 Å². The molecule has 0 saturated heterocycles. The van der Waals surface area contributed by atoms with E-state index in [1.54, 1.807) is 49.1 Å². The topological polar surface area (TPSA) is 107 Å². The molecule has 4 aromatic rings. The Labute approximate surface area is 217 Å². The highest BCUT2D eigenvalue weighted by Gasteiger charge is 2.19. The van der Waals surface area contributed by atoms with Crippen LogP contribution in [0.1, 0.15) is 16.2 Å². The third kappa shape index (κ3) is 6.44. The second-order valence-corrected chi connectivity index (χ2v) is 8.61. The average Bonchev–Trinajstić information content (AvgIpc) is 3.33. The van der Waals surface area contributed by atoms with Crippen LogP contribution in [0.15, 0.2) is 78.0 Å². The molecule has 0 unspecified atom stereocenters. The molecule has 11 heteroatoms. The van der Waals surface area contributed by atoms with Crippen LogP contribution in [0.4, 0.5) is 10.1 Å². The predicted octanol–water partition coefficient (Wildman–Crippen LogP) is 4.08. The summed E-state index contributed by atoms with van der Waals surface area (Å²) in [6.07, 6.45) is 0. The zero-order chi connectivity index (χ0) is 26.2. The minimum absolute atomic E-state index is 0.0129. The van der Waals surface area contributed by atoms with E-state index in [2.05, 4.69) is 20.8 Å². The quantitative estimate of drug-likeness (QED) is 0.303. The molecule has 4 rings (SSSR count). The Morgan fingerprint density at radius 2 is 1.76 bits per heavy atom. The van der Waals surface area contributed by atoms with Crippen molar-refractivity contribution in [3.05, 3.63) is 90.0 Å². The molecule has 0 saturated carbocycles. The molecule has 1 heterocycles. The van der Waals surface area contributed by atoms with Gasteiger partial charge in [-0.05, 0) is 54.6 Å². The van der Waals surface area contributed by atoms with Crippen molar-refractivity contribution in [1.29, 1.82) is 0 Å².